The van der Waals surface area contributed by atoms with Crippen molar-refractivity contribution in [1.29, 1.82) is 0 Å². The summed E-state index contributed by atoms with van der Waals surface area (Å²) in [6.45, 7) is 3.83. The van der Waals surface area contributed by atoms with Crippen molar-refractivity contribution in [1.82, 2.24) is 4.90 Å². The molecule has 1 heterocycles. The van der Waals surface area contributed by atoms with Crippen LogP contribution in [0.1, 0.15) is 20.3 Å². The number of nitrogens with zero attached hydrogens (tertiary/aromatic N) is 1. The minimum absolute atomic E-state index is 0. The van der Waals surface area contributed by atoms with Gasteiger partial charge in [-0.05, 0) is 13.8 Å². The van der Waals surface area contributed by atoms with Crippen LogP contribution in [0.3, 0.4) is 0 Å². The number of carbonyl (C=O) groups is 1. The maximum atomic E-state index is 11.7. The molecule has 0 aromatic rings. The summed E-state index contributed by atoms with van der Waals surface area (Å²) in [6.07, 6.45) is 0.282. The Balaban J connectivity index is 0.00000225. The Morgan fingerprint density at radius 1 is 1.56 bits per heavy atom. The van der Waals surface area contributed by atoms with Crippen molar-refractivity contribution < 1.29 is 13.2 Å². The van der Waals surface area contributed by atoms with Crippen molar-refractivity contribution in [2.45, 2.75) is 32.4 Å². The smallest absolute Gasteiger partial charge is 0.224 e. The SMILES string of the molecule is CC(N)CC(=O)N1CCS(=O)(=O)CC1C.Cl. The molecule has 16 heavy (non-hydrogen) atoms. The number of hydrogen-bond donors (Lipinski definition) is 1. The Labute approximate surface area is 103 Å². The Morgan fingerprint density at radius 2 is 2.12 bits per heavy atom. The summed E-state index contributed by atoms with van der Waals surface area (Å²) >= 11 is 0. The highest BCUT2D eigenvalue weighted by Crippen LogP contribution is 2.12. The van der Waals surface area contributed by atoms with Crippen LogP contribution in [0.5, 0.6) is 0 Å². The van der Waals surface area contributed by atoms with Crippen LogP contribution < -0.4 is 5.73 Å². The quantitative estimate of drug-likeness (QED) is 0.753. The maximum Gasteiger partial charge on any atom is 0.224 e. The van der Waals surface area contributed by atoms with E-state index in [0.717, 1.165) is 0 Å². The van der Waals surface area contributed by atoms with E-state index in [1.54, 1.807) is 18.7 Å². The molecule has 5 nitrogen and oxygen atoms in total. The summed E-state index contributed by atoms with van der Waals surface area (Å²) in [4.78, 5) is 13.3. The molecule has 1 saturated heterocycles. The van der Waals surface area contributed by atoms with Gasteiger partial charge in [-0.1, -0.05) is 0 Å². The summed E-state index contributed by atoms with van der Waals surface area (Å²) in [6, 6.07) is -0.404. The second-order valence-electron chi connectivity index (χ2n) is 4.23. The van der Waals surface area contributed by atoms with Gasteiger partial charge in [-0.3, -0.25) is 4.79 Å². The normalized spacial score (nSPS) is 25.7. The molecule has 0 aromatic carbocycles. The second kappa shape index (κ2) is 5.84. The molecule has 7 heteroatoms. The Bertz CT molecular complexity index is 343. The number of carbonyl (C=O) groups excluding carboxylic acids is 1. The lowest BCUT2D eigenvalue weighted by Crippen LogP contribution is -2.50. The van der Waals surface area contributed by atoms with Gasteiger partial charge in [0.1, 0.15) is 0 Å². The predicted molar refractivity (Wildman–Crippen MR) is 65.3 cm³/mol. The number of sulfone groups is 1. The zero-order chi connectivity index (χ0) is 11.6. The van der Waals surface area contributed by atoms with E-state index in [-0.39, 0.29) is 48.3 Å². The van der Waals surface area contributed by atoms with Crippen molar-refractivity contribution in [2.24, 2.45) is 5.73 Å². The van der Waals surface area contributed by atoms with Crippen LogP contribution in [0, 0.1) is 0 Å². The summed E-state index contributed by atoms with van der Waals surface area (Å²) < 4.78 is 22.6. The molecule has 0 aromatic heterocycles. The first-order chi connectivity index (χ1) is 6.82. The molecule has 0 saturated carbocycles. The van der Waals surface area contributed by atoms with E-state index < -0.39 is 9.84 Å². The third-order valence-electron chi connectivity index (χ3n) is 2.49. The Kier molecular flexibility index (Phi) is 5.72. The van der Waals surface area contributed by atoms with Crippen LogP contribution >= 0.6 is 12.4 Å². The largest absolute Gasteiger partial charge is 0.338 e. The molecule has 1 aliphatic rings. The summed E-state index contributed by atoms with van der Waals surface area (Å²) in [7, 11) is -2.95. The first kappa shape index (κ1) is 15.7. The van der Waals surface area contributed by atoms with E-state index >= 15 is 0 Å². The van der Waals surface area contributed by atoms with Gasteiger partial charge in [0.2, 0.25) is 5.91 Å². The lowest BCUT2D eigenvalue weighted by Gasteiger charge is -2.33. The second-order valence-corrected chi connectivity index (χ2v) is 6.46. The van der Waals surface area contributed by atoms with Crippen LogP contribution in [-0.4, -0.2) is 49.4 Å². The zero-order valence-electron chi connectivity index (χ0n) is 9.55. The van der Waals surface area contributed by atoms with Crippen LogP contribution in [0.4, 0.5) is 0 Å². The molecule has 0 spiro atoms. The lowest BCUT2D eigenvalue weighted by atomic mass is 10.2. The molecule has 1 aliphatic heterocycles. The fraction of sp³-hybridized carbons (Fsp3) is 0.889. The van der Waals surface area contributed by atoms with E-state index in [4.69, 9.17) is 5.73 Å². The molecule has 1 amide bonds. The summed E-state index contributed by atoms with van der Waals surface area (Å²) in [5, 5.41) is 0. The highest BCUT2D eigenvalue weighted by atomic mass is 35.5. The van der Waals surface area contributed by atoms with Gasteiger partial charge in [0.25, 0.3) is 0 Å². The molecule has 1 fully saturated rings. The molecule has 0 bridgehead atoms. The molecule has 2 N–H and O–H groups in total. The number of halogens is 1. The van der Waals surface area contributed by atoms with Crippen molar-refractivity contribution in [3.63, 3.8) is 0 Å². The van der Waals surface area contributed by atoms with Crippen LogP contribution in [0.25, 0.3) is 0 Å². The molecule has 1 rings (SSSR count). The topological polar surface area (TPSA) is 80.5 Å². The van der Waals surface area contributed by atoms with Crippen LogP contribution in [0.15, 0.2) is 0 Å². The fourth-order valence-corrected chi connectivity index (χ4v) is 3.32. The number of rotatable bonds is 2. The van der Waals surface area contributed by atoms with Gasteiger partial charge in [0, 0.05) is 25.0 Å². The van der Waals surface area contributed by atoms with Crippen LogP contribution in [0.2, 0.25) is 0 Å². The molecular weight excluding hydrogens is 252 g/mol. The maximum absolute atomic E-state index is 11.7. The molecule has 0 aliphatic carbocycles. The van der Waals surface area contributed by atoms with Gasteiger partial charge in [0.15, 0.2) is 9.84 Å². The fourth-order valence-electron chi connectivity index (χ4n) is 1.76. The molecule has 2 atom stereocenters. The molecule has 0 radical (unpaired) electrons. The van der Waals surface area contributed by atoms with Crippen molar-refractivity contribution in [3.8, 4) is 0 Å². The first-order valence-corrected chi connectivity index (χ1v) is 6.89. The summed E-state index contributed by atoms with van der Waals surface area (Å²) in [5.41, 5.74) is 5.53. The molecular formula is C9H19ClN2O3S. The van der Waals surface area contributed by atoms with E-state index in [0.29, 0.717) is 6.54 Å². The lowest BCUT2D eigenvalue weighted by molar-refractivity contribution is -0.132. The zero-order valence-corrected chi connectivity index (χ0v) is 11.2. The standard InChI is InChI=1S/C9H18N2O3S.ClH/c1-7(10)5-9(12)11-3-4-15(13,14)6-8(11)2;/h7-8H,3-6,10H2,1-2H3;1H. The number of amides is 1. The van der Waals surface area contributed by atoms with Gasteiger partial charge in [-0.2, -0.15) is 0 Å². The highest BCUT2D eigenvalue weighted by Gasteiger charge is 2.31. The van der Waals surface area contributed by atoms with Gasteiger partial charge < -0.3 is 10.6 Å². The van der Waals surface area contributed by atoms with Crippen molar-refractivity contribution >= 4 is 28.2 Å². The third-order valence-corrected chi connectivity index (χ3v) is 4.28. The third kappa shape index (κ3) is 4.27. The predicted octanol–water partition coefficient (Wildman–Crippen LogP) is -0.209. The number of hydrogen-bond acceptors (Lipinski definition) is 4. The summed E-state index contributed by atoms with van der Waals surface area (Å²) in [5.74, 6) is 0.0899. The molecule has 2 unspecified atom stereocenters. The van der Waals surface area contributed by atoms with Crippen molar-refractivity contribution in [3.05, 3.63) is 0 Å². The Morgan fingerprint density at radius 3 is 2.56 bits per heavy atom. The highest BCUT2D eigenvalue weighted by molar-refractivity contribution is 7.91. The van der Waals surface area contributed by atoms with Crippen LogP contribution in [-0.2, 0) is 14.6 Å². The molecule has 96 valence electrons. The average molecular weight is 271 g/mol. The first-order valence-electron chi connectivity index (χ1n) is 5.07. The van der Waals surface area contributed by atoms with Gasteiger partial charge in [-0.25, -0.2) is 8.42 Å². The monoisotopic (exact) mass is 270 g/mol. The number of nitrogens with two attached hydrogens (primary N) is 1. The van der Waals surface area contributed by atoms with E-state index in [1.165, 1.54) is 0 Å². The van der Waals surface area contributed by atoms with E-state index in [2.05, 4.69) is 0 Å². The van der Waals surface area contributed by atoms with Crippen molar-refractivity contribution in [2.75, 3.05) is 18.1 Å². The van der Waals surface area contributed by atoms with E-state index in [1.807, 2.05) is 0 Å². The average Bonchev–Trinajstić information content (AvgIpc) is 1.99. The van der Waals surface area contributed by atoms with E-state index in [9.17, 15) is 13.2 Å². The minimum atomic E-state index is -2.95. The van der Waals surface area contributed by atoms with Gasteiger partial charge in [0.05, 0.1) is 11.5 Å². The minimum Gasteiger partial charge on any atom is -0.338 e. The van der Waals surface area contributed by atoms with Gasteiger partial charge >= 0.3 is 0 Å². The Hall–Kier alpha value is -0.330. The van der Waals surface area contributed by atoms with Gasteiger partial charge in [-0.15, -0.1) is 12.4 Å².